The zero-order valence-electron chi connectivity index (χ0n) is 15.7. The molecule has 20 heavy (non-hydrogen) atoms. The van der Waals surface area contributed by atoms with E-state index in [1.807, 2.05) is 0 Å². The van der Waals surface area contributed by atoms with Gasteiger partial charge in [-0.05, 0) is 35.5 Å². The Bertz CT molecular complexity index is 220. The quantitative estimate of drug-likeness (QED) is 0.352. The van der Waals surface area contributed by atoms with Gasteiger partial charge in [-0.15, -0.1) is 0 Å². The molecule has 0 saturated carbocycles. The first-order valence-corrected chi connectivity index (χ1v) is 9.36. The SMILES string of the molecule is CCCCCC(C)C(C)C(C)C(C)C(C)C(C)CCC. The molecule has 0 aromatic carbocycles. The van der Waals surface area contributed by atoms with Crippen molar-refractivity contribution in [3.63, 3.8) is 0 Å². The molecule has 0 aliphatic rings. The molecule has 0 aliphatic carbocycles. The van der Waals surface area contributed by atoms with Gasteiger partial charge in [-0.2, -0.15) is 0 Å². The molecule has 0 bridgehead atoms. The predicted molar refractivity (Wildman–Crippen MR) is 94.0 cm³/mol. The lowest BCUT2D eigenvalue weighted by atomic mass is 9.69. The lowest BCUT2D eigenvalue weighted by molar-refractivity contribution is 0.131. The lowest BCUT2D eigenvalue weighted by Crippen LogP contribution is -2.29. The summed E-state index contributed by atoms with van der Waals surface area (Å²) in [6.07, 6.45) is 8.31. The Morgan fingerprint density at radius 1 is 0.500 bits per heavy atom. The van der Waals surface area contributed by atoms with Crippen molar-refractivity contribution in [1.29, 1.82) is 0 Å². The highest BCUT2D eigenvalue weighted by atomic mass is 14.3. The summed E-state index contributed by atoms with van der Waals surface area (Å²) >= 11 is 0. The van der Waals surface area contributed by atoms with E-state index in [1.54, 1.807) is 0 Å². The molecule has 6 unspecified atom stereocenters. The summed E-state index contributed by atoms with van der Waals surface area (Å²) < 4.78 is 0. The van der Waals surface area contributed by atoms with Crippen LogP contribution >= 0.6 is 0 Å². The molecule has 0 aliphatic heterocycles. The van der Waals surface area contributed by atoms with Gasteiger partial charge in [0.2, 0.25) is 0 Å². The zero-order valence-corrected chi connectivity index (χ0v) is 15.7. The third-order valence-electron chi connectivity index (χ3n) is 6.29. The third kappa shape index (κ3) is 6.64. The Labute approximate surface area is 130 Å². The van der Waals surface area contributed by atoms with Gasteiger partial charge in [-0.25, -0.2) is 0 Å². The van der Waals surface area contributed by atoms with Gasteiger partial charge in [-0.1, -0.05) is 93.9 Å². The van der Waals surface area contributed by atoms with Gasteiger partial charge in [0.15, 0.2) is 0 Å². The molecule has 0 aromatic heterocycles. The van der Waals surface area contributed by atoms with Crippen LogP contribution in [-0.2, 0) is 0 Å². The summed E-state index contributed by atoms with van der Waals surface area (Å²) in [5, 5.41) is 0. The topological polar surface area (TPSA) is 0 Å². The van der Waals surface area contributed by atoms with E-state index < -0.39 is 0 Å². The second-order valence-corrected chi connectivity index (χ2v) is 7.68. The summed E-state index contributed by atoms with van der Waals surface area (Å²) in [7, 11) is 0. The molecule has 0 nitrogen and oxygen atoms in total. The molecule has 0 saturated heterocycles. The molecule has 0 heteroatoms. The van der Waals surface area contributed by atoms with E-state index in [9.17, 15) is 0 Å². The van der Waals surface area contributed by atoms with E-state index in [-0.39, 0.29) is 0 Å². The highest BCUT2D eigenvalue weighted by Crippen LogP contribution is 2.36. The Hall–Kier alpha value is 0. The number of rotatable bonds is 11. The van der Waals surface area contributed by atoms with E-state index in [1.165, 1.54) is 38.5 Å². The van der Waals surface area contributed by atoms with Crippen LogP contribution < -0.4 is 0 Å². The number of unbranched alkanes of at least 4 members (excludes halogenated alkanes) is 2. The van der Waals surface area contributed by atoms with Crippen molar-refractivity contribution in [1.82, 2.24) is 0 Å². The Morgan fingerprint density at radius 3 is 1.35 bits per heavy atom. The second-order valence-electron chi connectivity index (χ2n) is 7.68. The van der Waals surface area contributed by atoms with E-state index in [2.05, 4.69) is 55.4 Å². The normalized spacial score (nSPS) is 21.0. The molecule has 0 heterocycles. The minimum atomic E-state index is 0.847. The van der Waals surface area contributed by atoms with E-state index in [4.69, 9.17) is 0 Å². The minimum absolute atomic E-state index is 0.847. The molecule has 0 aromatic rings. The van der Waals surface area contributed by atoms with Crippen LogP contribution in [-0.4, -0.2) is 0 Å². The second kappa shape index (κ2) is 10.7. The lowest BCUT2D eigenvalue weighted by Gasteiger charge is -2.36. The monoisotopic (exact) mass is 282 g/mol. The van der Waals surface area contributed by atoms with Crippen LogP contribution in [0.3, 0.4) is 0 Å². The van der Waals surface area contributed by atoms with Gasteiger partial charge in [0.25, 0.3) is 0 Å². The summed E-state index contributed by atoms with van der Waals surface area (Å²) in [6, 6.07) is 0. The predicted octanol–water partition coefficient (Wildman–Crippen LogP) is 7.18. The van der Waals surface area contributed by atoms with Crippen molar-refractivity contribution in [2.75, 3.05) is 0 Å². The fourth-order valence-electron chi connectivity index (χ4n) is 3.69. The van der Waals surface area contributed by atoms with Gasteiger partial charge in [0.1, 0.15) is 0 Å². The van der Waals surface area contributed by atoms with Crippen LogP contribution in [0.2, 0.25) is 0 Å². The standard InChI is InChI=1S/C20H42/c1-9-11-12-14-16(4)18(6)20(8)19(7)17(5)15(3)13-10-2/h15-20H,9-14H2,1-8H3. The van der Waals surface area contributed by atoms with Gasteiger partial charge in [0, 0.05) is 0 Å². The summed E-state index contributed by atoms with van der Waals surface area (Å²) in [4.78, 5) is 0. The average molecular weight is 283 g/mol. The van der Waals surface area contributed by atoms with Gasteiger partial charge in [-0.3, -0.25) is 0 Å². The molecular formula is C20H42. The summed E-state index contributed by atoms with van der Waals surface area (Å²) in [5.74, 6) is 5.17. The van der Waals surface area contributed by atoms with Crippen LogP contribution in [0.15, 0.2) is 0 Å². The van der Waals surface area contributed by atoms with E-state index >= 15 is 0 Å². The maximum absolute atomic E-state index is 2.50. The van der Waals surface area contributed by atoms with E-state index in [0.29, 0.717) is 0 Å². The molecule has 0 radical (unpaired) electrons. The summed E-state index contributed by atoms with van der Waals surface area (Å²) in [5.41, 5.74) is 0. The van der Waals surface area contributed by atoms with Crippen LogP contribution in [0.4, 0.5) is 0 Å². The molecule has 122 valence electrons. The first-order chi connectivity index (χ1) is 9.36. The van der Waals surface area contributed by atoms with Gasteiger partial charge >= 0.3 is 0 Å². The highest BCUT2D eigenvalue weighted by Gasteiger charge is 2.28. The molecule has 6 atom stereocenters. The largest absolute Gasteiger partial charge is 0.0654 e. The summed E-state index contributed by atoms with van der Waals surface area (Å²) in [6.45, 7) is 19.5. The smallest absolute Gasteiger partial charge is 0.0386 e. The Kier molecular flexibility index (Phi) is 10.7. The van der Waals surface area contributed by atoms with Crippen LogP contribution in [0.25, 0.3) is 0 Å². The molecular weight excluding hydrogens is 240 g/mol. The molecule has 0 spiro atoms. The molecule has 0 N–H and O–H groups in total. The maximum Gasteiger partial charge on any atom is -0.0386 e. The van der Waals surface area contributed by atoms with Crippen molar-refractivity contribution in [3.05, 3.63) is 0 Å². The zero-order chi connectivity index (χ0) is 15.7. The highest BCUT2D eigenvalue weighted by molar-refractivity contribution is 4.78. The Balaban J connectivity index is 4.35. The first-order valence-electron chi connectivity index (χ1n) is 9.36. The number of hydrogen-bond donors (Lipinski definition) is 0. The van der Waals surface area contributed by atoms with Crippen LogP contribution in [0.5, 0.6) is 0 Å². The molecule has 0 rings (SSSR count). The van der Waals surface area contributed by atoms with Gasteiger partial charge in [0.05, 0.1) is 0 Å². The minimum Gasteiger partial charge on any atom is -0.0654 e. The van der Waals surface area contributed by atoms with Gasteiger partial charge < -0.3 is 0 Å². The molecule has 0 fully saturated rings. The first kappa shape index (κ1) is 20.0. The third-order valence-corrected chi connectivity index (χ3v) is 6.29. The fourth-order valence-corrected chi connectivity index (χ4v) is 3.69. The van der Waals surface area contributed by atoms with Crippen molar-refractivity contribution in [3.8, 4) is 0 Å². The van der Waals surface area contributed by atoms with Crippen molar-refractivity contribution in [2.45, 2.75) is 93.9 Å². The van der Waals surface area contributed by atoms with E-state index in [0.717, 1.165) is 35.5 Å². The van der Waals surface area contributed by atoms with Crippen LogP contribution in [0, 0.1) is 35.5 Å². The molecule has 0 amide bonds. The Morgan fingerprint density at radius 2 is 0.950 bits per heavy atom. The van der Waals surface area contributed by atoms with Crippen molar-refractivity contribution in [2.24, 2.45) is 35.5 Å². The van der Waals surface area contributed by atoms with Crippen LogP contribution in [0.1, 0.15) is 93.9 Å². The van der Waals surface area contributed by atoms with Crippen molar-refractivity contribution < 1.29 is 0 Å². The van der Waals surface area contributed by atoms with Crippen molar-refractivity contribution >= 4 is 0 Å². The maximum atomic E-state index is 2.50. The fraction of sp³-hybridized carbons (Fsp3) is 1.00. The average Bonchev–Trinajstić information content (AvgIpc) is 2.44. The number of hydrogen-bond acceptors (Lipinski definition) is 0.